The number of aromatic nitrogens is 2. The molecule has 0 bridgehead atoms. The maximum absolute atomic E-state index is 12.8. The molecule has 0 spiro atoms. The van der Waals surface area contributed by atoms with Gasteiger partial charge in [0.05, 0.1) is 18.7 Å². The lowest BCUT2D eigenvalue weighted by Gasteiger charge is -2.26. The van der Waals surface area contributed by atoms with Gasteiger partial charge in [-0.1, -0.05) is 19.9 Å². The Hall–Kier alpha value is -1.66. The standard InChI is InChI=1S/C19H28N4OS/c1-3-21(4-2)10-8-16-13-22(15-17-7-9-20-23(17)14-16)19(24)12-18-6-5-11-25-18/h5-7,9,11,16H,3-4,8,10,12-15H2,1-2H3/t16-/m0/s1. The Kier molecular flexibility index (Phi) is 6.26. The first-order valence-electron chi connectivity index (χ1n) is 9.22. The van der Waals surface area contributed by atoms with Crippen LogP contribution in [0.3, 0.4) is 0 Å². The molecule has 2 aromatic heterocycles. The van der Waals surface area contributed by atoms with Crippen LogP contribution in [0.15, 0.2) is 29.8 Å². The van der Waals surface area contributed by atoms with Gasteiger partial charge in [0.15, 0.2) is 0 Å². The number of rotatable bonds is 7. The third-order valence-electron chi connectivity index (χ3n) is 5.07. The van der Waals surface area contributed by atoms with Gasteiger partial charge in [-0.05, 0) is 49.5 Å². The number of thiophene rings is 1. The third kappa shape index (κ3) is 4.70. The first-order valence-corrected chi connectivity index (χ1v) is 10.1. The molecule has 25 heavy (non-hydrogen) atoms. The Labute approximate surface area is 154 Å². The molecule has 3 heterocycles. The second-order valence-corrected chi connectivity index (χ2v) is 7.75. The van der Waals surface area contributed by atoms with E-state index in [0.29, 0.717) is 18.9 Å². The zero-order valence-corrected chi connectivity index (χ0v) is 16.0. The summed E-state index contributed by atoms with van der Waals surface area (Å²) >= 11 is 1.66. The minimum atomic E-state index is 0.227. The zero-order valence-electron chi connectivity index (χ0n) is 15.2. The van der Waals surface area contributed by atoms with Crippen molar-refractivity contribution < 1.29 is 4.79 Å². The van der Waals surface area contributed by atoms with E-state index in [0.717, 1.165) is 49.7 Å². The second-order valence-electron chi connectivity index (χ2n) is 6.72. The Morgan fingerprint density at radius 1 is 1.32 bits per heavy atom. The Morgan fingerprint density at radius 3 is 2.88 bits per heavy atom. The number of nitrogens with zero attached hydrogens (tertiary/aromatic N) is 4. The van der Waals surface area contributed by atoms with Crippen LogP contribution < -0.4 is 0 Å². The first-order chi connectivity index (χ1) is 12.2. The summed E-state index contributed by atoms with van der Waals surface area (Å²) in [6, 6.07) is 6.10. The SMILES string of the molecule is CCN(CC)CC[C@H]1CN(C(=O)Cc2cccs2)Cc2ccnn2C1. The molecule has 2 aromatic rings. The first kappa shape index (κ1) is 18.1. The number of fused-ring (bicyclic) bond motifs is 1. The van der Waals surface area contributed by atoms with Crippen molar-refractivity contribution in [2.45, 2.75) is 39.8 Å². The molecule has 0 radical (unpaired) electrons. The van der Waals surface area contributed by atoms with Crippen molar-refractivity contribution in [3.05, 3.63) is 40.3 Å². The molecule has 1 amide bonds. The van der Waals surface area contributed by atoms with Crippen molar-refractivity contribution in [3.8, 4) is 0 Å². The van der Waals surface area contributed by atoms with E-state index in [1.165, 1.54) is 0 Å². The monoisotopic (exact) mass is 360 g/mol. The van der Waals surface area contributed by atoms with Gasteiger partial charge in [0.2, 0.25) is 5.91 Å². The van der Waals surface area contributed by atoms with Crippen LogP contribution in [-0.2, 0) is 24.3 Å². The van der Waals surface area contributed by atoms with Crippen LogP contribution in [-0.4, -0.2) is 51.7 Å². The molecule has 1 aliphatic rings. The summed E-state index contributed by atoms with van der Waals surface area (Å²) in [5.74, 6) is 0.680. The van der Waals surface area contributed by atoms with Crippen LogP contribution in [0.5, 0.6) is 0 Å². The molecule has 0 unspecified atom stereocenters. The molecule has 136 valence electrons. The molecule has 0 aromatic carbocycles. The lowest BCUT2D eigenvalue weighted by Crippen LogP contribution is -2.36. The highest BCUT2D eigenvalue weighted by Gasteiger charge is 2.25. The summed E-state index contributed by atoms with van der Waals surface area (Å²) in [6.07, 6.45) is 3.46. The van der Waals surface area contributed by atoms with E-state index in [-0.39, 0.29) is 5.91 Å². The highest BCUT2D eigenvalue weighted by atomic mass is 32.1. The van der Waals surface area contributed by atoms with E-state index in [1.807, 2.05) is 34.7 Å². The van der Waals surface area contributed by atoms with Crippen molar-refractivity contribution in [2.24, 2.45) is 5.92 Å². The van der Waals surface area contributed by atoms with Gasteiger partial charge in [-0.3, -0.25) is 9.48 Å². The molecular weight excluding hydrogens is 332 g/mol. The maximum Gasteiger partial charge on any atom is 0.228 e. The number of carbonyl (C=O) groups is 1. The normalized spacial score (nSPS) is 17.6. The smallest absolute Gasteiger partial charge is 0.228 e. The number of hydrogen-bond donors (Lipinski definition) is 0. The highest BCUT2D eigenvalue weighted by molar-refractivity contribution is 7.10. The summed E-state index contributed by atoms with van der Waals surface area (Å²) in [5, 5.41) is 6.51. The van der Waals surface area contributed by atoms with Crippen LogP contribution in [0.25, 0.3) is 0 Å². The van der Waals surface area contributed by atoms with Gasteiger partial charge in [0, 0.05) is 24.2 Å². The van der Waals surface area contributed by atoms with Crippen molar-refractivity contribution >= 4 is 17.2 Å². The fourth-order valence-corrected chi connectivity index (χ4v) is 4.18. The quantitative estimate of drug-likeness (QED) is 0.762. The van der Waals surface area contributed by atoms with Crippen LogP contribution in [0.2, 0.25) is 0 Å². The lowest BCUT2D eigenvalue weighted by molar-refractivity contribution is -0.131. The van der Waals surface area contributed by atoms with E-state index < -0.39 is 0 Å². The van der Waals surface area contributed by atoms with Crippen molar-refractivity contribution in [3.63, 3.8) is 0 Å². The van der Waals surface area contributed by atoms with Crippen LogP contribution in [0, 0.1) is 5.92 Å². The highest BCUT2D eigenvalue weighted by Crippen LogP contribution is 2.20. The Balaban J connectivity index is 1.68. The van der Waals surface area contributed by atoms with Gasteiger partial charge < -0.3 is 9.80 Å². The molecule has 1 atom stereocenters. The third-order valence-corrected chi connectivity index (χ3v) is 5.95. The Morgan fingerprint density at radius 2 is 2.16 bits per heavy atom. The Bertz CT molecular complexity index is 663. The number of amides is 1. The minimum absolute atomic E-state index is 0.227. The van der Waals surface area contributed by atoms with Crippen LogP contribution >= 0.6 is 11.3 Å². The van der Waals surface area contributed by atoms with Crippen molar-refractivity contribution in [1.29, 1.82) is 0 Å². The van der Waals surface area contributed by atoms with Crippen molar-refractivity contribution in [1.82, 2.24) is 19.6 Å². The predicted molar refractivity (Wildman–Crippen MR) is 102 cm³/mol. The largest absolute Gasteiger partial charge is 0.336 e. The minimum Gasteiger partial charge on any atom is -0.336 e. The topological polar surface area (TPSA) is 41.4 Å². The maximum atomic E-state index is 12.8. The fraction of sp³-hybridized carbons (Fsp3) is 0.579. The average Bonchev–Trinajstić information content (AvgIpc) is 3.24. The summed E-state index contributed by atoms with van der Waals surface area (Å²) in [4.78, 5) is 18.5. The summed E-state index contributed by atoms with van der Waals surface area (Å²) in [6.45, 7) is 10.1. The van der Waals surface area contributed by atoms with Gasteiger partial charge in [0.1, 0.15) is 0 Å². The molecule has 5 nitrogen and oxygen atoms in total. The number of carbonyl (C=O) groups excluding carboxylic acids is 1. The fourth-order valence-electron chi connectivity index (χ4n) is 3.48. The van der Waals surface area contributed by atoms with Crippen LogP contribution in [0.4, 0.5) is 0 Å². The van der Waals surface area contributed by atoms with E-state index >= 15 is 0 Å². The van der Waals surface area contributed by atoms with Gasteiger partial charge in [-0.25, -0.2) is 0 Å². The van der Waals surface area contributed by atoms with Gasteiger partial charge >= 0.3 is 0 Å². The number of hydrogen-bond acceptors (Lipinski definition) is 4. The molecule has 6 heteroatoms. The van der Waals surface area contributed by atoms with E-state index in [2.05, 4.69) is 28.5 Å². The molecule has 3 rings (SSSR count). The van der Waals surface area contributed by atoms with Crippen LogP contribution in [0.1, 0.15) is 30.8 Å². The molecule has 0 saturated heterocycles. The summed E-state index contributed by atoms with van der Waals surface area (Å²) < 4.78 is 2.09. The van der Waals surface area contributed by atoms with E-state index in [4.69, 9.17) is 0 Å². The summed E-state index contributed by atoms with van der Waals surface area (Å²) in [5.41, 5.74) is 1.14. The van der Waals surface area contributed by atoms with E-state index in [1.54, 1.807) is 11.3 Å². The average molecular weight is 361 g/mol. The molecule has 0 fully saturated rings. The molecule has 0 aliphatic carbocycles. The molecular formula is C19H28N4OS. The summed E-state index contributed by atoms with van der Waals surface area (Å²) in [7, 11) is 0. The van der Waals surface area contributed by atoms with Crippen molar-refractivity contribution in [2.75, 3.05) is 26.2 Å². The predicted octanol–water partition coefficient (Wildman–Crippen LogP) is 2.88. The molecule has 0 saturated carbocycles. The zero-order chi connectivity index (χ0) is 17.6. The van der Waals surface area contributed by atoms with Gasteiger partial charge in [-0.2, -0.15) is 5.10 Å². The molecule has 0 N–H and O–H groups in total. The molecule has 1 aliphatic heterocycles. The van der Waals surface area contributed by atoms with Gasteiger partial charge in [-0.15, -0.1) is 11.3 Å². The van der Waals surface area contributed by atoms with E-state index in [9.17, 15) is 4.79 Å². The second kappa shape index (κ2) is 8.63. The lowest BCUT2D eigenvalue weighted by atomic mass is 10.0. The van der Waals surface area contributed by atoms with Gasteiger partial charge in [0.25, 0.3) is 0 Å².